The van der Waals surface area contributed by atoms with E-state index in [0.717, 1.165) is 31.6 Å². The van der Waals surface area contributed by atoms with Gasteiger partial charge in [-0.15, -0.1) is 11.3 Å². The van der Waals surface area contributed by atoms with Crippen LogP contribution >= 0.6 is 11.3 Å². The van der Waals surface area contributed by atoms with Crippen molar-refractivity contribution in [1.29, 1.82) is 0 Å². The Morgan fingerprint density at radius 2 is 1.97 bits per heavy atom. The second-order valence-electron chi connectivity index (χ2n) is 9.52. The first kappa shape index (κ1) is 20.4. The quantitative estimate of drug-likeness (QED) is 0.576. The predicted molar refractivity (Wildman–Crippen MR) is 119 cm³/mol. The van der Waals surface area contributed by atoms with Crippen LogP contribution in [0, 0.1) is 0 Å². The van der Waals surface area contributed by atoms with Crippen LogP contribution in [-0.2, 0) is 11.2 Å². The Morgan fingerprint density at radius 3 is 2.69 bits per heavy atom. The summed E-state index contributed by atoms with van der Waals surface area (Å²) in [4.78, 5) is 19.1. The van der Waals surface area contributed by atoms with E-state index >= 15 is 0 Å². The summed E-state index contributed by atoms with van der Waals surface area (Å²) >= 11 is 1.76. The summed E-state index contributed by atoms with van der Waals surface area (Å²) in [5, 5.41) is 3.40. The number of ether oxygens (including phenoxy) is 1. The van der Waals surface area contributed by atoms with E-state index in [1.807, 2.05) is 25.7 Å². The van der Waals surface area contributed by atoms with Gasteiger partial charge in [-0.1, -0.05) is 19.1 Å². The monoisotopic (exact) mass is 412 g/mol. The van der Waals surface area contributed by atoms with Crippen LogP contribution in [0.5, 0.6) is 0 Å². The summed E-state index contributed by atoms with van der Waals surface area (Å²) in [7, 11) is 0. The molecule has 1 fully saturated rings. The molecule has 4 rings (SSSR count). The SMILES string of the molecule is CC1CCCc2ccc(-c3csc(C4CCN(C(=O)OC(C)(C)C)CC4)n3)cc21. The van der Waals surface area contributed by atoms with Crippen molar-refractivity contribution in [3.8, 4) is 11.3 Å². The molecule has 1 saturated heterocycles. The Morgan fingerprint density at radius 1 is 1.21 bits per heavy atom. The summed E-state index contributed by atoms with van der Waals surface area (Å²) < 4.78 is 5.51. The maximum atomic E-state index is 12.3. The minimum atomic E-state index is -0.440. The number of nitrogens with zero attached hydrogens (tertiary/aromatic N) is 2. The molecule has 1 atom stereocenters. The van der Waals surface area contributed by atoms with Crippen molar-refractivity contribution in [2.24, 2.45) is 0 Å². The van der Waals surface area contributed by atoms with Gasteiger partial charge in [0, 0.05) is 30.0 Å². The first-order chi connectivity index (χ1) is 13.8. The molecule has 1 aromatic heterocycles. The fourth-order valence-corrected chi connectivity index (χ4v) is 5.44. The average Bonchev–Trinajstić information content (AvgIpc) is 3.17. The Kier molecular flexibility index (Phi) is 5.69. The number of thiazole rings is 1. The highest BCUT2D eigenvalue weighted by atomic mass is 32.1. The van der Waals surface area contributed by atoms with E-state index in [2.05, 4.69) is 30.5 Å². The summed E-state index contributed by atoms with van der Waals surface area (Å²) in [6.45, 7) is 9.56. The molecule has 29 heavy (non-hydrogen) atoms. The number of likely N-dealkylation sites (tertiary alicyclic amines) is 1. The van der Waals surface area contributed by atoms with E-state index in [4.69, 9.17) is 9.72 Å². The lowest BCUT2D eigenvalue weighted by atomic mass is 9.83. The average molecular weight is 413 g/mol. The molecular formula is C24H32N2O2S. The number of hydrogen-bond acceptors (Lipinski definition) is 4. The molecule has 1 aliphatic carbocycles. The number of carbonyl (C=O) groups excluding carboxylic acids is 1. The molecule has 0 N–H and O–H groups in total. The number of hydrogen-bond donors (Lipinski definition) is 0. The van der Waals surface area contributed by atoms with Crippen LogP contribution in [-0.4, -0.2) is 34.7 Å². The second kappa shape index (κ2) is 8.10. The van der Waals surface area contributed by atoms with E-state index in [1.54, 1.807) is 11.3 Å². The Bertz CT molecular complexity index is 875. The maximum Gasteiger partial charge on any atom is 0.410 e. The van der Waals surface area contributed by atoms with Crippen LogP contribution in [0.2, 0.25) is 0 Å². The summed E-state index contributed by atoms with van der Waals surface area (Å²) in [6.07, 6.45) is 5.50. The van der Waals surface area contributed by atoms with Crippen molar-refractivity contribution in [2.75, 3.05) is 13.1 Å². The van der Waals surface area contributed by atoms with Gasteiger partial charge in [-0.3, -0.25) is 0 Å². The van der Waals surface area contributed by atoms with Gasteiger partial charge < -0.3 is 9.64 Å². The van der Waals surface area contributed by atoms with Crippen molar-refractivity contribution in [2.45, 2.75) is 77.2 Å². The van der Waals surface area contributed by atoms with Crippen LogP contribution in [0.15, 0.2) is 23.6 Å². The van der Waals surface area contributed by atoms with Gasteiger partial charge in [0.05, 0.1) is 10.7 Å². The number of fused-ring (bicyclic) bond motifs is 1. The third kappa shape index (κ3) is 4.66. The highest BCUT2D eigenvalue weighted by Gasteiger charge is 2.29. The van der Waals surface area contributed by atoms with Crippen molar-refractivity contribution < 1.29 is 9.53 Å². The molecule has 0 radical (unpaired) electrons. The first-order valence-electron chi connectivity index (χ1n) is 10.9. The zero-order valence-corrected chi connectivity index (χ0v) is 18.8. The summed E-state index contributed by atoms with van der Waals surface area (Å²) in [5.74, 6) is 1.08. The second-order valence-corrected chi connectivity index (χ2v) is 10.4. The largest absolute Gasteiger partial charge is 0.444 e. The minimum Gasteiger partial charge on any atom is -0.444 e. The lowest BCUT2D eigenvalue weighted by molar-refractivity contribution is 0.0205. The molecule has 5 heteroatoms. The number of rotatable bonds is 2. The molecular weight excluding hydrogens is 380 g/mol. The molecule has 1 unspecified atom stereocenters. The molecule has 2 aromatic rings. The molecule has 0 spiro atoms. The molecule has 0 bridgehead atoms. The summed E-state index contributed by atoms with van der Waals surface area (Å²) in [6, 6.07) is 6.91. The lowest BCUT2D eigenvalue weighted by Crippen LogP contribution is -2.41. The van der Waals surface area contributed by atoms with Gasteiger partial charge in [-0.2, -0.15) is 0 Å². The van der Waals surface area contributed by atoms with Gasteiger partial charge in [-0.05, 0) is 76.0 Å². The van der Waals surface area contributed by atoms with E-state index in [-0.39, 0.29) is 6.09 Å². The number of amides is 1. The zero-order valence-electron chi connectivity index (χ0n) is 18.0. The summed E-state index contributed by atoms with van der Waals surface area (Å²) in [5.41, 5.74) is 4.92. The standard InChI is InChI=1S/C24H32N2O2S/c1-16-6-5-7-17-8-9-19(14-20(16)17)21-15-29-22(25-21)18-10-12-26(13-11-18)23(27)28-24(2,3)4/h8-9,14-16,18H,5-7,10-13H2,1-4H3. The van der Waals surface area contributed by atoms with E-state index in [1.165, 1.54) is 41.0 Å². The van der Waals surface area contributed by atoms with Gasteiger partial charge >= 0.3 is 6.09 Å². The smallest absolute Gasteiger partial charge is 0.410 e. The van der Waals surface area contributed by atoms with Crippen molar-refractivity contribution in [3.05, 3.63) is 39.7 Å². The molecule has 1 amide bonds. The molecule has 0 saturated carbocycles. The number of aryl methyl sites for hydroxylation is 1. The van der Waals surface area contributed by atoms with Crippen LogP contribution in [0.4, 0.5) is 4.79 Å². The number of carbonyl (C=O) groups is 1. The maximum absolute atomic E-state index is 12.3. The van der Waals surface area contributed by atoms with Crippen LogP contribution in [0.25, 0.3) is 11.3 Å². The lowest BCUT2D eigenvalue weighted by Gasteiger charge is -2.32. The van der Waals surface area contributed by atoms with Crippen LogP contribution in [0.3, 0.4) is 0 Å². The van der Waals surface area contributed by atoms with Gasteiger partial charge in [0.2, 0.25) is 0 Å². The normalized spacial score (nSPS) is 20.4. The van der Waals surface area contributed by atoms with Crippen molar-refractivity contribution in [3.63, 3.8) is 0 Å². The van der Waals surface area contributed by atoms with Crippen LogP contribution < -0.4 is 0 Å². The number of benzene rings is 1. The zero-order chi connectivity index (χ0) is 20.6. The molecule has 2 aliphatic rings. The van der Waals surface area contributed by atoms with Gasteiger partial charge in [0.25, 0.3) is 0 Å². The first-order valence-corrected chi connectivity index (χ1v) is 11.7. The molecule has 1 aromatic carbocycles. The Balaban J connectivity index is 1.42. The molecule has 2 heterocycles. The van der Waals surface area contributed by atoms with E-state index in [9.17, 15) is 4.79 Å². The molecule has 156 valence electrons. The fourth-order valence-electron chi connectivity index (χ4n) is 4.44. The highest BCUT2D eigenvalue weighted by molar-refractivity contribution is 7.10. The van der Waals surface area contributed by atoms with Crippen molar-refractivity contribution in [1.82, 2.24) is 9.88 Å². The van der Waals surface area contributed by atoms with Gasteiger partial charge in [0.1, 0.15) is 5.60 Å². The topological polar surface area (TPSA) is 42.4 Å². The molecule has 4 nitrogen and oxygen atoms in total. The minimum absolute atomic E-state index is 0.195. The Hall–Kier alpha value is -1.88. The van der Waals surface area contributed by atoms with Gasteiger partial charge in [-0.25, -0.2) is 9.78 Å². The highest BCUT2D eigenvalue weighted by Crippen LogP contribution is 2.36. The van der Waals surface area contributed by atoms with E-state index < -0.39 is 5.60 Å². The number of piperidine rings is 1. The van der Waals surface area contributed by atoms with Crippen LogP contribution in [0.1, 0.15) is 81.3 Å². The Labute approximate surface area is 178 Å². The van der Waals surface area contributed by atoms with E-state index in [0.29, 0.717) is 11.8 Å². The van der Waals surface area contributed by atoms with Gasteiger partial charge in [0.15, 0.2) is 0 Å². The third-order valence-corrected chi connectivity index (χ3v) is 7.08. The predicted octanol–water partition coefficient (Wildman–Crippen LogP) is 6.36. The molecule has 1 aliphatic heterocycles. The number of aromatic nitrogens is 1. The van der Waals surface area contributed by atoms with Crippen molar-refractivity contribution >= 4 is 17.4 Å². The third-order valence-electron chi connectivity index (χ3n) is 6.07. The fraction of sp³-hybridized carbons (Fsp3) is 0.583.